The van der Waals surface area contributed by atoms with Crippen LogP contribution in [0.5, 0.6) is 11.6 Å². The summed E-state index contributed by atoms with van der Waals surface area (Å²) in [5, 5.41) is 16.7. The zero-order valence-corrected chi connectivity index (χ0v) is 11.0. The number of aromatic nitrogens is 2. The largest absolute Gasteiger partial charge is 0.436 e. The number of benzene rings is 1. The van der Waals surface area contributed by atoms with Crippen molar-refractivity contribution < 1.29 is 9.13 Å². The monoisotopic (exact) mass is 277 g/mol. The molecule has 0 N–H and O–H groups in total. The van der Waals surface area contributed by atoms with Crippen molar-refractivity contribution in [3.63, 3.8) is 0 Å². The van der Waals surface area contributed by atoms with Gasteiger partial charge in [-0.1, -0.05) is 17.7 Å². The molecule has 0 aliphatic rings. The second-order valence-electron chi connectivity index (χ2n) is 3.87. The lowest BCUT2D eigenvalue weighted by Gasteiger charge is -2.10. The minimum absolute atomic E-state index is 0.0987. The maximum Gasteiger partial charge on any atom is 0.242 e. The summed E-state index contributed by atoms with van der Waals surface area (Å²) in [7, 11) is 0. The number of hydrogen-bond acceptors (Lipinski definition) is 4. The topological polar surface area (TPSA) is 58.8 Å². The Bertz CT molecular complexity index is 682. The van der Waals surface area contributed by atoms with Crippen molar-refractivity contribution >= 4 is 11.6 Å². The van der Waals surface area contributed by atoms with E-state index in [0.29, 0.717) is 5.56 Å². The van der Waals surface area contributed by atoms with Crippen molar-refractivity contribution in [1.82, 2.24) is 10.2 Å². The second kappa shape index (κ2) is 5.21. The van der Waals surface area contributed by atoms with E-state index < -0.39 is 5.82 Å². The van der Waals surface area contributed by atoms with Gasteiger partial charge in [-0.25, -0.2) is 4.39 Å². The Morgan fingerprint density at radius 3 is 2.68 bits per heavy atom. The maximum absolute atomic E-state index is 13.4. The van der Waals surface area contributed by atoms with E-state index in [1.54, 1.807) is 19.9 Å². The molecule has 2 aromatic rings. The van der Waals surface area contributed by atoms with Gasteiger partial charge in [-0.05, 0) is 31.5 Å². The summed E-state index contributed by atoms with van der Waals surface area (Å²) in [4.78, 5) is 0. The van der Waals surface area contributed by atoms with Gasteiger partial charge in [0.25, 0.3) is 0 Å². The third-order valence-electron chi connectivity index (χ3n) is 2.72. The molecule has 1 aromatic carbocycles. The molecule has 0 saturated carbocycles. The lowest BCUT2D eigenvalue weighted by atomic mass is 10.2. The number of nitriles is 1. The summed E-state index contributed by atoms with van der Waals surface area (Å²) in [6, 6.07) is 5.89. The maximum atomic E-state index is 13.4. The predicted molar refractivity (Wildman–Crippen MR) is 67.7 cm³/mol. The molecule has 1 heterocycles. The fourth-order valence-electron chi connectivity index (χ4n) is 1.45. The summed E-state index contributed by atoms with van der Waals surface area (Å²) in [5.41, 5.74) is 1.24. The van der Waals surface area contributed by atoms with Crippen LogP contribution < -0.4 is 4.74 Å². The highest BCUT2D eigenvalue weighted by atomic mass is 35.5. The van der Waals surface area contributed by atoms with Gasteiger partial charge >= 0.3 is 0 Å². The van der Waals surface area contributed by atoms with Gasteiger partial charge in [-0.3, -0.25) is 0 Å². The molecule has 0 aliphatic heterocycles. The number of rotatable bonds is 2. The average molecular weight is 278 g/mol. The summed E-state index contributed by atoms with van der Waals surface area (Å²) < 4.78 is 18.9. The van der Waals surface area contributed by atoms with Gasteiger partial charge in [-0.2, -0.15) is 5.26 Å². The Hall–Kier alpha value is -2.19. The number of hydrogen-bond donors (Lipinski definition) is 0. The summed E-state index contributed by atoms with van der Waals surface area (Å²) >= 11 is 5.83. The Labute approximate surface area is 114 Å². The van der Waals surface area contributed by atoms with Crippen molar-refractivity contribution in [1.29, 1.82) is 5.26 Å². The van der Waals surface area contributed by atoms with Gasteiger partial charge in [-0.15, -0.1) is 10.2 Å². The minimum atomic E-state index is -0.642. The highest BCUT2D eigenvalue weighted by molar-refractivity contribution is 6.30. The predicted octanol–water partition coefficient (Wildman–Crippen LogP) is 3.55. The number of ether oxygens (including phenoxy) is 1. The molecule has 4 nitrogen and oxygen atoms in total. The van der Waals surface area contributed by atoms with Crippen LogP contribution in [0.4, 0.5) is 4.39 Å². The fraction of sp³-hybridized carbons (Fsp3) is 0.154. The van der Waals surface area contributed by atoms with Crippen LogP contribution in [0.15, 0.2) is 18.2 Å². The van der Waals surface area contributed by atoms with Gasteiger partial charge < -0.3 is 4.74 Å². The van der Waals surface area contributed by atoms with Crippen molar-refractivity contribution in [2.24, 2.45) is 0 Å². The fourth-order valence-corrected chi connectivity index (χ4v) is 1.63. The molecule has 1 aromatic heterocycles. The van der Waals surface area contributed by atoms with Gasteiger partial charge in [0.05, 0.1) is 0 Å². The molecule has 0 amide bonds. The first-order valence-electron chi connectivity index (χ1n) is 5.40. The molecular weight excluding hydrogens is 269 g/mol. The quantitative estimate of drug-likeness (QED) is 0.842. The van der Waals surface area contributed by atoms with Crippen molar-refractivity contribution in [3.8, 4) is 17.7 Å². The number of halogens is 2. The third-order valence-corrected chi connectivity index (χ3v) is 3.07. The first-order valence-corrected chi connectivity index (χ1v) is 5.78. The van der Waals surface area contributed by atoms with E-state index in [1.165, 1.54) is 18.2 Å². The Morgan fingerprint density at radius 2 is 2.00 bits per heavy atom. The van der Waals surface area contributed by atoms with Crippen LogP contribution >= 0.6 is 11.6 Å². The van der Waals surface area contributed by atoms with Gasteiger partial charge in [0.2, 0.25) is 5.88 Å². The highest BCUT2D eigenvalue weighted by Crippen LogP contribution is 2.29. The molecule has 0 aliphatic carbocycles. The first kappa shape index (κ1) is 13.2. The molecule has 0 unspecified atom stereocenters. The summed E-state index contributed by atoms with van der Waals surface area (Å²) in [6.45, 7) is 3.53. The average Bonchev–Trinajstić information content (AvgIpc) is 2.40. The van der Waals surface area contributed by atoms with Crippen LogP contribution in [0.2, 0.25) is 5.15 Å². The van der Waals surface area contributed by atoms with Crippen LogP contribution in [0.25, 0.3) is 0 Å². The van der Waals surface area contributed by atoms with Gasteiger partial charge in [0.1, 0.15) is 23.2 Å². The van der Waals surface area contributed by atoms with Crippen LogP contribution in [-0.2, 0) is 0 Å². The third kappa shape index (κ3) is 2.49. The minimum Gasteiger partial charge on any atom is -0.436 e. The molecule has 6 heteroatoms. The molecule has 0 fully saturated rings. The van der Waals surface area contributed by atoms with E-state index >= 15 is 0 Å². The van der Waals surface area contributed by atoms with E-state index in [2.05, 4.69) is 10.2 Å². The molecule has 0 saturated heterocycles. The van der Waals surface area contributed by atoms with Crippen LogP contribution in [0, 0.1) is 31.0 Å². The zero-order valence-electron chi connectivity index (χ0n) is 10.2. The van der Waals surface area contributed by atoms with Crippen LogP contribution in [0.3, 0.4) is 0 Å². The zero-order chi connectivity index (χ0) is 14.0. The van der Waals surface area contributed by atoms with Crippen molar-refractivity contribution in [2.45, 2.75) is 13.8 Å². The molecule has 0 spiro atoms. The Morgan fingerprint density at radius 1 is 1.26 bits per heavy atom. The lowest BCUT2D eigenvalue weighted by Crippen LogP contribution is -1.99. The molecule has 0 bridgehead atoms. The molecule has 96 valence electrons. The SMILES string of the molecule is Cc1c(Cl)nnc(Oc2cccc(F)c2C#N)c1C. The lowest BCUT2D eigenvalue weighted by molar-refractivity contribution is 0.444. The first-order chi connectivity index (χ1) is 9.04. The van der Waals surface area contributed by atoms with Crippen LogP contribution in [-0.4, -0.2) is 10.2 Å². The van der Waals surface area contributed by atoms with E-state index in [9.17, 15) is 4.39 Å². The van der Waals surface area contributed by atoms with Crippen molar-refractivity contribution in [2.75, 3.05) is 0 Å². The normalized spacial score (nSPS) is 10.1. The summed E-state index contributed by atoms with van der Waals surface area (Å²) in [5.74, 6) is -0.345. The Kier molecular flexibility index (Phi) is 3.63. The van der Waals surface area contributed by atoms with Crippen molar-refractivity contribution in [3.05, 3.63) is 45.9 Å². The van der Waals surface area contributed by atoms with E-state index in [1.807, 2.05) is 0 Å². The molecule has 0 radical (unpaired) electrons. The highest BCUT2D eigenvalue weighted by Gasteiger charge is 2.14. The molecule has 2 rings (SSSR count). The van der Waals surface area contributed by atoms with Gasteiger partial charge in [0, 0.05) is 5.56 Å². The standard InChI is InChI=1S/C13H9ClFN3O/c1-7-8(2)13(18-17-12(7)14)19-11-5-3-4-10(15)9(11)6-16/h3-5H,1-2H3. The summed E-state index contributed by atoms with van der Waals surface area (Å²) in [6.07, 6.45) is 0. The van der Waals surface area contributed by atoms with Gasteiger partial charge in [0.15, 0.2) is 5.15 Å². The smallest absolute Gasteiger partial charge is 0.242 e. The van der Waals surface area contributed by atoms with E-state index in [0.717, 1.165) is 5.56 Å². The Balaban J connectivity index is 2.46. The molecule has 0 atom stereocenters. The van der Waals surface area contributed by atoms with E-state index in [4.69, 9.17) is 21.6 Å². The second-order valence-corrected chi connectivity index (χ2v) is 4.23. The molecular formula is C13H9ClFN3O. The molecule has 19 heavy (non-hydrogen) atoms. The van der Waals surface area contributed by atoms with Crippen LogP contribution in [0.1, 0.15) is 16.7 Å². The number of nitrogens with zero attached hydrogens (tertiary/aromatic N) is 3. The van der Waals surface area contributed by atoms with E-state index in [-0.39, 0.29) is 22.3 Å².